The van der Waals surface area contributed by atoms with E-state index in [1.165, 1.54) is 31.4 Å². The van der Waals surface area contributed by atoms with Crippen LogP contribution in [-0.2, 0) is 4.79 Å². The summed E-state index contributed by atoms with van der Waals surface area (Å²) in [5.74, 6) is -0.0799. The van der Waals surface area contributed by atoms with Crippen LogP contribution >= 0.6 is 23.2 Å². The lowest BCUT2D eigenvalue weighted by atomic mass is 9.90. The minimum Gasteiger partial charge on any atom is -0.505 e. The standard InChI is InChI=1S/C15H19Cl2NO2/c16-12-8-11(9-13(17)14(12)19)18-15(20)10-6-4-2-1-3-5-7-10/h8-10,19H,1-7H2,(H,18,20). The largest absolute Gasteiger partial charge is 0.505 e. The summed E-state index contributed by atoms with van der Waals surface area (Å²) in [6.07, 6.45) is 7.78. The van der Waals surface area contributed by atoms with Gasteiger partial charge in [-0.25, -0.2) is 0 Å². The molecule has 0 unspecified atom stereocenters. The summed E-state index contributed by atoms with van der Waals surface area (Å²) in [6, 6.07) is 3.03. The number of benzene rings is 1. The van der Waals surface area contributed by atoms with E-state index in [4.69, 9.17) is 23.2 Å². The second-order valence-corrected chi connectivity index (χ2v) is 6.13. The van der Waals surface area contributed by atoms with Gasteiger partial charge in [0.1, 0.15) is 0 Å². The molecule has 1 aromatic carbocycles. The quantitative estimate of drug-likeness (QED) is 0.755. The average molecular weight is 316 g/mol. The molecule has 1 saturated carbocycles. The summed E-state index contributed by atoms with van der Waals surface area (Å²) < 4.78 is 0. The molecule has 1 fully saturated rings. The van der Waals surface area contributed by atoms with Crippen LogP contribution in [0, 0.1) is 5.92 Å². The molecular weight excluding hydrogens is 297 g/mol. The molecule has 2 rings (SSSR count). The van der Waals surface area contributed by atoms with E-state index in [1.54, 1.807) is 0 Å². The van der Waals surface area contributed by atoms with Crippen LogP contribution in [0.3, 0.4) is 0 Å². The zero-order valence-electron chi connectivity index (χ0n) is 11.3. The Kier molecular flexibility index (Phi) is 5.55. The number of carbonyl (C=O) groups excluding carboxylic acids is 1. The van der Waals surface area contributed by atoms with E-state index < -0.39 is 0 Å². The molecule has 0 aliphatic heterocycles. The number of rotatable bonds is 2. The third-order valence-corrected chi connectivity index (χ3v) is 4.34. The van der Waals surface area contributed by atoms with Gasteiger partial charge in [-0.2, -0.15) is 0 Å². The van der Waals surface area contributed by atoms with Gasteiger partial charge in [-0.3, -0.25) is 4.79 Å². The summed E-state index contributed by atoms with van der Waals surface area (Å²) in [6.45, 7) is 0. The minimum absolute atomic E-state index is 0.0183. The smallest absolute Gasteiger partial charge is 0.227 e. The van der Waals surface area contributed by atoms with Gasteiger partial charge in [0.25, 0.3) is 0 Å². The number of carbonyl (C=O) groups is 1. The van der Waals surface area contributed by atoms with E-state index in [0.29, 0.717) is 5.69 Å². The molecule has 20 heavy (non-hydrogen) atoms. The number of aromatic hydroxyl groups is 1. The van der Waals surface area contributed by atoms with Crippen LogP contribution in [0.4, 0.5) is 5.69 Å². The molecular formula is C15H19Cl2NO2. The van der Waals surface area contributed by atoms with Crippen LogP contribution in [0.25, 0.3) is 0 Å². The van der Waals surface area contributed by atoms with E-state index in [1.807, 2.05) is 0 Å². The lowest BCUT2D eigenvalue weighted by Gasteiger charge is -2.19. The molecule has 1 aromatic rings. The normalized spacial score (nSPS) is 17.3. The molecule has 1 aliphatic rings. The fourth-order valence-corrected chi connectivity index (χ4v) is 3.09. The van der Waals surface area contributed by atoms with E-state index in [2.05, 4.69) is 5.32 Å². The number of halogens is 2. The number of anilines is 1. The molecule has 0 atom stereocenters. The van der Waals surface area contributed by atoms with Crippen LogP contribution < -0.4 is 5.32 Å². The molecule has 2 N–H and O–H groups in total. The third kappa shape index (κ3) is 4.03. The van der Waals surface area contributed by atoms with Crippen LogP contribution in [0.2, 0.25) is 10.0 Å². The van der Waals surface area contributed by atoms with Gasteiger partial charge in [0.05, 0.1) is 10.0 Å². The van der Waals surface area contributed by atoms with Gasteiger partial charge in [-0.05, 0) is 25.0 Å². The molecule has 0 bridgehead atoms. The summed E-state index contributed by atoms with van der Waals surface area (Å²) in [4.78, 5) is 12.3. The Balaban J connectivity index is 2.03. The van der Waals surface area contributed by atoms with Crippen LogP contribution in [0.15, 0.2) is 12.1 Å². The Hall–Kier alpha value is -0.930. The van der Waals surface area contributed by atoms with Crippen LogP contribution in [-0.4, -0.2) is 11.0 Å². The van der Waals surface area contributed by atoms with Crippen LogP contribution in [0.1, 0.15) is 44.9 Å². The van der Waals surface area contributed by atoms with Crippen molar-refractivity contribution in [2.75, 3.05) is 5.32 Å². The second kappa shape index (κ2) is 7.19. The Morgan fingerprint density at radius 1 is 1.05 bits per heavy atom. The molecule has 0 spiro atoms. The van der Waals surface area contributed by atoms with Crippen molar-refractivity contribution in [3.8, 4) is 5.75 Å². The summed E-state index contributed by atoms with van der Waals surface area (Å²) in [7, 11) is 0. The topological polar surface area (TPSA) is 49.3 Å². The van der Waals surface area contributed by atoms with Crippen molar-refractivity contribution in [1.82, 2.24) is 0 Å². The lowest BCUT2D eigenvalue weighted by molar-refractivity contribution is -0.120. The molecule has 0 heterocycles. The fraction of sp³-hybridized carbons (Fsp3) is 0.533. The summed E-state index contributed by atoms with van der Waals surface area (Å²) in [5.41, 5.74) is 0.532. The van der Waals surface area contributed by atoms with Gasteiger partial charge in [-0.1, -0.05) is 55.3 Å². The van der Waals surface area contributed by atoms with Gasteiger partial charge in [-0.15, -0.1) is 0 Å². The predicted octanol–water partition coefficient (Wildman–Crippen LogP) is 5.00. The molecule has 0 radical (unpaired) electrons. The first-order chi connectivity index (χ1) is 9.58. The monoisotopic (exact) mass is 315 g/mol. The highest BCUT2D eigenvalue weighted by atomic mass is 35.5. The Morgan fingerprint density at radius 3 is 2.10 bits per heavy atom. The number of hydrogen-bond donors (Lipinski definition) is 2. The predicted molar refractivity (Wildman–Crippen MR) is 82.6 cm³/mol. The second-order valence-electron chi connectivity index (χ2n) is 5.32. The highest BCUT2D eigenvalue weighted by Gasteiger charge is 2.20. The highest BCUT2D eigenvalue weighted by Crippen LogP contribution is 2.35. The molecule has 0 aromatic heterocycles. The lowest BCUT2D eigenvalue weighted by Crippen LogP contribution is -2.23. The minimum atomic E-state index is -0.155. The van der Waals surface area contributed by atoms with Crippen molar-refractivity contribution < 1.29 is 9.90 Å². The Bertz CT molecular complexity index is 460. The number of phenolic OH excluding ortho intramolecular Hbond substituents is 1. The van der Waals surface area contributed by atoms with E-state index in [0.717, 1.165) is 25.7 Å². The SMILES string of the molecule is O=C(Nc1cc(Cl)c(O)c(Cl)c1)C1CCCCCCC1. The maximum Gasteiger partial charge on any atom is 0.227 e. The fourth-order valence-electron chi connectivity index (χ4n) is 2.60. The summed E-state index contributed by atoms with van der Waals surface area (Å²) >= 11 is 11.7. The summed E-state index contributed by atoms with van der Waals surface area (Å²) in [5, 5.41) is 12.6. The molecule has 1 aliphatic carbocycles. The first kappa shape index (κ1) is 15.5. The number of hydrogen-bond acceptors (Lipinski definition) is 2. The maximum atomic E-state index is 12.3. The van der Waals surface area contributed by atoms with Crippen molar-refractivity contribution in [1.29, 1.82) is 0 Å². The van der Waals surface area contributed by atoms with Crippen molar-refractivity contribution >= 4 is 34.8 Å². The van der Waals surface area contributed by atoms with Crippen LogP contribution in [0.5, 0.6) is 5.75 Å². The molecule has 3 nitrogen and oxygen atoms in total. The molecule has 5 heteroatoms. The van der Waals surface area contributed by atoms with Gasteiger partial charge in [0.15, 0.2) is 5.75 Å². The highest BCUT2D eigenvalue weighted by molar-refractivity contribution is 6.37. The van der Waals surface area contributed by atoms with Gasteiger partial charge < -0.3 is 10.4 Å². The number of nitrogens with one attached hydrogen (secondary N) is 1. The van der Waals surface area contributed by atoms with Gasteiger partial charge >= 0.3 is 0 Å². The maximum absolute atomic E-state index is 12.3. The Morgan fingerprint density at radius 2 is 1.55 bits per heavy atom. The Labute approximate surface area is 129 Å². The molecule has 0 saturated heterocycles. The van der Waals surface area contributed by atoms with E-state index in [9.17, 15) is 9.90 Å². The number of phenols is 1. The zero-order chi connectivity index (χ0) is 14.5. The first-order valence-electron chi connectivity index (χ1n) is 7.07. The number of amides is 1. The van der Waals surface area contributed by atoms with E-state index in [-0.39, 0.29) is 27.6 Å². The van der Waals surface area contributed by atoms with Gasteiger partial charge in [0.2, 0.25) is 5.91 Å². The third-order valence-electron chi connectivity index (χ3n) is 3.76. The molecule has 1 amide bonds. The zero-order valence-corrected chi connectivity index (χ0v) is 12.8. The van der Waals surface area contributed by atoms with Gasteiger partial charge in [0, 0.05) is 11.6 Å². The van der Waals surface area contributed by atoms with Crippen molar-refractivity contribution in [2.24, 2.45) is 5.92 Å². The molecule has 110 valence electrons. The first-order valence-corrected chi connectivity index (χ1v) is 7.82. The average Bonchev–Trinajstić information content (AvgIpc) is 2.35. The van der Waals surface area contributed by atoms with Crippen molar-refractivity contribution in [2.45, 2.75) is 44.9 Å². The van der Waals surface area contributed by atoms with Crippen molar-refractivity contribution in [3.63, 3.8) is 0 Å². The van der Waals surface area contributed by atoms with E-state index >= 15 is 0 Å². The van der Waals surface area contributed by atoms with Crippen molar-refractivity contribution in [3.05, 3.63) is 22.2 Å².